The molecule has 0 saturated carbocycles. The van der Waals surface area contributed by atoms with E-state index in [-0.39, 0.29) is 27.4 Å². The van der Waals surface area contributed by atoms with Crippen molar-refractivity contribution in [2.24, 2.45) is 0 Å². The first-order valence-corrected chi connectivity index (χ1v) is 17.0. The van der Waals surface area contributed by atoms with Crippen molar-refractivity contribution in [3.63, 3.8) is 0 Å². The van der Waals surface area contributed by atoms with E-state index >= 15 is 0 Å². The van der Waals surface area contributed by atoms with Crippen molar-refractivity contribution in [3.05, 3.63) is 0 Å². The second-order valence-electron chi connectivity index (χ2n) is 7.60. The maximum Gasteiger partial charge on any atom is 0.0945 e. The first kappa shape index (κ1) is 27.5. The third-order valence-electron chi connectivity index (χ3n) is 1.04. The summed E-state index contributed by atoms with van der Waals surface area (Å²) in [4.78, 5) is 0. The smallest absolute Gasteiger partial charge is 0.0945 e. The fraction of sp³-hybridized carbons (Fsp3) is 1.00. The Morgan fingerprint density at radius 3 is 0.818 bits per heavy atom. The highest BCUT2D eigenvalue weighted by Gasteiger charge is 2.03. The van der Waals surface area contributed by atoms with Gasteiger partial charge in [-0.25, -0.2) is 16.8 Å². The zero-order chi connectivity index (χ0) is 18.8. The molecule has 0 radical (unpaired) electrons. The molecule has 0 saturated heterocycles. The van der Waals surface area contributed by atoms with E-state index in [0.29, 0.717) is 0 Å². The standard InChI is InChI=1S/C4H10O6S2.2C4H12P/c5-11(6,7)3-1-2-4-12(8,9)10;2*1-5(2,3)4/h1-4H2,(H,5,6,7)(H,8,9,10);2*1-4H3/q;2*+1/p-2. The van der Waals surface area contributed by atoms with Gasteiger partial charge in [-0.1, -0.05) is 0 Å². The molecule has 0 aliphatic carbocycles. The molecule has 0 unspecified atom stereocenters. The summed E-state index contributed by atoms with van der Waals surface area (Å²) < 4.78 is 59.8. The molecule has 0 amide bonds. The van der Waals surface area contributed by atoms with Crippen LogP contribution < -0.4 is 0 Å². The summed E-state index contributed by atoms with van der Waals surface area (Å²) in [7, 11) is -9.36. The molecular weight excluding hydrogens is 366 g/mol. The van der Waals surface area contributed by atoms with Crippen LogP contribution in [0.25, 0.3) is 0 Å². The largest absolute Gasteiger partial charge is 0.748 e. The summed E-state index contributed by atoms with van der Waals surface area (Å²) >= 11 is 0. The Hall–Kier alpha value is 0.680. The Labute approximate surface area is 138 Å². The van der Waals surface area contributed by atoms with E-state index in [1.54, 1.807) is 0 Å². The first-order valence-electron chi connectivity index (χ1n) is 6.66. The van der Waals surface area contributed by atoms with Crippen molar-refractivity contribution in [2.45, 2.75) is 12.8 Å². The predicted molar refractivity (Wildman–Crippen MR) is 99.6 cm³/mol. The molecule has 0 aromatic carbocycles. The van der Waals surface area contributed by atoms with Crippen molar-refractivity contribution in [2.75, 3.05) is 64.8 Å². The second-order valence-corrected chi connectivity index (χ2v) is 21.4. The lowest BCUT2D eigenvalue weighted by Gasteiger charge is -2.07. The Kier molecular flexibility index (Phi) is 14.1. The number of rotatable bonds is 5. The van der Waals surface area contributed by atoms with E-state index in [9.17, 15) is 25.9 Å². The average Bonchev–Trinajstić information content (AvgIpc) is 2.03. The minimum absolute atomic E-state index is 0.0900. The lowest BCUT2D eigenvalue weighted by Crippen LogP contribution is -2.08. The van der Waals surface area contributed by atoms with Gasteiger partial charge in [-0.2, -0.15) is 0 Å². The maximum absolute atomic E-state index is 9.97. The van der Waals surface area contributed by atoms with Gasteiger partial charge in [0.25, 0.3) is 0 Å². The van der Waals surface area contributed by atoms with E-state index < -0.39 is 31.7 Å². The van der Waals surface area contributed by atoms with Crippen LogP contribution in [0.15, 0.2) is 0 Å². The van der Waals surface area contributed by atoms with Gasteiger partial charge >= 0.3 is 0 Å². The molecule has 0 heterocycles. The van der Waals surface area contributed by atoms with Gasteiger partial charge in [0.1, 0.15) is 0 Å². The highest BCUT2D eigenvalue weighted by Crippen LogP contribution is 2.40. The van der Waals surface area contributed by atoms with Crippen LogP contribution in [0.1, 0.15) is 12.8 Å². The van der Waals surface area contributed by atoms with Crippen molar-refractivity contribution < 1.29 is 25.9 Å². The highest BCUT2D eigenvalue weighted by atomic mass is 32.2. The number of hydrogen-bond donors (Lipinski definition) is 0. The summed E-state index contributed by atoms with van der Waals surface area (Å²) in [5.74, 6) is -1.24. The van der Waals surface area contributed by atoms with Gasteiger partial charge < -0.3 is 9.11 Å². The Balaban J connectivity index is -0.000000298. The fourth-order valence-corrected chi connectivity index (χ4v) is 1.67. The van der Waals surface area contributed by atoms with Crippen LogP contribution in [-0.4, -0.2) is 90.8 Å². The monoisotopic (exact) mass is 398 g/mol. The van der Waals surface area contributed by atoms with Crippen molar-refractivity contribution in [1.29, 1.82) is 0 Å². The molecule has 0 aliphatic rings. The molecule has 0 aromatic heterocycles. The molecule has 0 spiro atoms. The minimum atomic E-state index is -4.29. The molecule has 6 nitrogen and oxygen atoms in total. The van der Waals surface area contributed by atoms with Crippen LogP contribution in [-0.2, 0) is 20.2 Å². The maximum atomic E-state index is 9.97. The minimum Gasteiger partial charge on any atom is -0.748 e. The molecule has 0 aromatic rings. The van der Waals surface area contributed by atoms with E-state index in [4.69, 9.17) is 0 Å². The quantitative estimate of drug-likeness (QED) is 0.397. The first-order chi connectivity index (χ1) is 9.21. The zero-order valence-corrected chi connectivity index (χ0v) is 18.4. The van der Waals surface area contributed by atoms with Gasteiger partial charge in [-0.3, -0.25) is 0 Å². The summed E-state index contributed by atoms with van der Waals surface area (Å²) in [6.07, 6.45) is -0.180. The lowest BCUT2D eigenvalue weighted by atomic mass is 10.4. The Bertz CT molecular complexity index is 415. The second kappa shape index (κ2) is 11.3. The average molecular weight is 398 g/mol. The van der Waals surface area contributed by atoms with Gasteiger partial charge in [0.2, 0.25) is 0 Å². The zero-order valence-electron chi connectivity index (χ0n) is 15.0. The topological polar surface area (TPSA) is 114 Å². The molecule has 0 bridgehead atoms. The normalized spacial score (nSPS) is 12.6. The summed E-state index contributed by atoms with van der Waals surface area (Å²) in [6, 6.07) is 0. The van der Waals surface area contributed by atoms with Gasteiger partial charge in [0, 0.05) is 79.3 Å². The molecule has 0 atom stereocenters. The molecule has 0 fully saturated rings. The fourth-order valence-electron chi connectivity index (χ4n) is 0.558. The summed E-state index contributed by atoms with van der Waals surface area (Å²) in [6.45, 7) is 18.4. The Morgan fingerprint density at radius 1 is 0.591 bits per heavy atom. The van der Waals surface area contributed by atoms with Crippen molar-refractivity contribution >= 4 is 34.8 Å². The van der Waals surface area contributed by atoms with Crippen LogP contribution in [0.3, 0.4) is 0 Å². The predicted octanol–water partition coefficient (Wildman–Crippen LogP) is 1.90. The molecule has 0 N–H and O–H groups in total. The third-order valence-corrected chi connectivity index (χ3v) is 2.62. The van der Waals surface area contributed by atoms with Crippen molar-refractivity contribution in [1.82, 2.24) is 0 Å². The van der Waals surface area contributed by atoms with Crippen LogP contribution in [0, 0.1) is 0 Å². The SMILES string of the molecule is C[P+](C)(C)C.C[P+](C)(C)C.O=S(=O)([O-])CCCCS(=O)(=O)[O-]. The van der Waals surface area contributed by atoms with E-state index in [1.165, 1.54) is 0 Å². The Morgan fingerprint density at radius 2 is 0.727 bits per heavy atom. The van der Waals surface area contributed by atoms with E-state index in [0.717, 1.165) is 0 Å². The van der Waals surface area contributed by atoms with Gasteiger partial charge in [0.15, 0.2) is 0 Å². The lowest BCUT2D eigenvalue weighted by molar-refractivity contribution is 0.453. The van der Waals surface area contributed by atoms with E-state index in [2.05, 4.69) is 53.3 Å². The molecule has 10 heteroatoms. The van der Waals surface area contributed by atoms with Crippen LogP contribution in [0.5, 0.6) is 0 Å². The molecular formula is C12H32O6P2S2. The van der Waals surface area contributed by atoms with Crippen LogP contribution in [0.4, 0.5) is 0 Å². The molecule has 22 heavy (non-hydrogen) atoms. The van der Waals surface area contributed by atoms with Crippen LogP contribution in [0.2, 0.25) is 0 Å². The highest BCUT2D eigenvalue weighted by molar-refractivity contribution is 7.86. The van der Waals surface area contributed by atoms with E-state index in [1.807, 2.05) is 0 Å². The van der Waals surface area contributed by atoms with Crippen molar-refractivity contribution in [3.8, 4) is 0 Å². The summed E-state index contributed by atoms with van der Waals surface area (Å²) in [5, 5.41) is 0. The van der Waals surface area contributed by atoms with Crippen LogP contribution >= 0.6 is 14.5 Å². The number of hydrogen-bond acceptors (Lipinski definition) is 6. The van der Waals surface area contributed by atoms with Gasteiger partial charge in [-0.05, 0) is 12.8 Å². The van der Waals surface area contributed by atoms with Gasteiger partial charge in [-0.15, -0.1) is 0 Å². The summed E-state index contributed by atoms with van der Waals surface area (Å²) in [5.41, 5.74) is 0. The number of unbranched alkanes of at least 4 members (excludes halogenated alkanes) is 1. The third kappa shape index (κ3) is 85.5. The van der Waals surface area contributed by atoms with Gasteiger partial charge in [0.05, 0.1) is 20.2 Å². The molecule has 138 valence electrons. The molecule has 0 aliphatic heterocycles. The molecule has 0 rings (SSSR count).